The molecule has 180 valence electrons. The minimum Gasteiger partial charge on any atom is -0.497 e. The fourth-order valence-electron chi connectivity index (χ4n) is 4.15. The Kier molecular flexibility index (Phi) is 7.45. The van der Waals surface area contributed by atoms with Crippen molar-refractivity contribution in [2.45, 2.75) is 13.0 Å². The molecule has 0 atom stereocenters. The number of piperazine rings is 1. The molecule has 1 aliphatic rings. The zero-order valence-corrected chi connectivity index (χ0v) is 20.6. The minimum atomic E-state index is -3.23. The molecular formula is C25H30N4O4S. The standard InChI is InChI=1S/C25H30N4O4S/c1-32-18-23-22(17-19-8-7-11-21(16-19)33-2)25(27-24(26-23)20-9-5-4-6-10-20)28-12-14-29(15-13-28)34(3,30)31/h4-11,16H,12-15,17-18H2,1-3H3. The van der Waals surface area contributed by atoms with Crippen molar-refractivity contribution in [3.8, 4) is 17.1 Å². The predicted octanol–water partition coefficient (Wildman–Crippen LogP) is 2.97. The van der Waals surface area contributed by atoms with Crippen molar-refractivity contribution in [1.29, 1.82) is 0 Å². The van der Waals surface area contributed by atoms with E-state index in [4.69, 9.17) is 19.4 Å². The number of hydrogen-bond acceptors (Lipinski definition) is 7. The molecule has 1 aliphatic heterocycles. The van der Waals surface area contributed by atoms with E-state index < -0.39 is 10.0 Å². The molecule has 2 aromatic carbocycles. The van der Waals surface area contributed by atoms with Crippen molar-refractivity contribution < 1.29 is 17.9 Å². The molecule has 8 nitrogen and oxygen atoms in total. The molecule has 0 amide bonds. The van der Waals surface area contributed by atoms with E-state index in [2.05, 4.69) is 11.0 Å². The van der Waals surface area contributed by atoms with Crippen LogP contribution in [0.15, 0.2) is 54.6 Å². The van der Waals surface area contributed by atoms with Gasteiger partial charge in [-0.25, -0.2) is 18.4 Å². The lowest BCUT2D eigenvalue weighted by molar-refractivity contribution is 0.180. The Morgan fingerprint density at radius 2 is 1.68 bits per heavy atom. The first-order valence-corrected chi connectivity index (χ1v) is 13.0. The molecule has 4 rings (SSSR count). The van der Waals surface area contributed by atoms with Crippen LogP contribution in [0, 0.1) is 0 Å². The molecule has 9 heteroatoms. The van der Waals surface area contributed by atoms with Crippen LogP contribution in [0.3, 0.4) is 0 Å². The number of hydrogen-bond donors (Lipinski definition) is 0. The van der Waals surface area contributed by atoms with Crippen LogP contribution >= 0.6 is 0 Å². The molecule has 0 saturated carbocycles. The number of anilines is 1. The van der Waals surface area contributed by atoms with E-state index in [1.165, 1.54) is 10.6 Å². The zero-order chi connectivity index (χ0) is 24.1. The molecule has 1 fully saturated rings. The highest BCUT2D eigenvalue weighted by molar-refractivity contribution is 7.88. The number of aromatic nitrogens is 2. The maximum atomic E-state index is 12.0. The van der Waals surface area contributed by atoms with Crippen molar-refractivity contribution >= 4 is 15.8 Å². The van der Waals surface area contributed by atoms with Crippen LogP contribution in [0.1, 0.15) is 16.8 Å². The van der Waals surface area contributed by atoms with Gasteiger partial charge < -0.3 is 14.4 Å². The fourth-order valence-corrected chi connectivity index (χ4v) is 4.98. The molecule has 0 unspecified atom stereocenters. The van der Waals surface area contributed by atoms with Gasteiger partial charge in [0.2, 0.25) is 10.0 Å². The number of benzene rings is 2. The van der Waals surface area contributed by atoms with Gasteiger partial charge in [0.25, 0.3) is 0 Å². The first-order chi connectivity index (χ1) is 16.4. The summed E-state index contributed by atoms with van der Waals surface area (Å²) in [7, 11) is 0.0839. The lowest BCUT2D eigenvalue weighted by Gasteiger charge is -2.35. The van der Waals surface area contributed by atoms with Gasteiger partial charge in [-0.3, -0.25) is 0 Å². The molecule has 0 spiro atoms. The van der Waals surface area contributed by atoms with Gasteiger partial charge in [0.15, 0.2) is 5.82 Å². The molecule has 2 heterocycles. The SMILES string of the molecule is COCc1nc(-c2ccccc2)nc(N2CCN(S(C)(=O)=O)CC2)c1Cc1cccc(OC)c1. The average molecular weight is 483 g/mol. The first-order valence-electron chi connectivity index (χ1n) is 11.2. The highest BCUT2D eigenvalue weighted by atomic mass is 32.2. The topological polar surface area (TPSA) is 84.9 Å². The Morgan fingerprint density at radius 1 is 0.941 bits per heavy atom. The number of methoxy groups -OCH3 is 2. The maximum Gasteiger partial charge on any atom is 0.211 e. The summed E-state index contributed by atoms with van der Waals surface area (Å²) in [6.45, 7) is 2.28. The second kappa shape index (κ2) is 10.5. The third kappa shape index (κ3) is 5.55. The van der Waals surface area contributed by atoms with Gasteiger partial charge in [-0.2, -0.15) is 4.31 Å². The van der Waals surface area contributed by atoms with Gasteiger partial charge in [0.1, 0.15) is 11.6 Å². The van der Waals surface area contributed by atoms with E-state index in [9.17, 15) is 8.42 Å². The normalized spacial score (nSPS) is 14.9. The van der Waals surface area contributed by atoms with E-state index >= 15 is 0 Å². The van der Waals surface area contributed by atoms with E-state index in [1.54, 1.807) is 14.2 Å². The van der Waals surface area contributed by atoms with Crippen LogP contribution in [0.2, 0.25) is 0 Å². The Hall–Kier alpha value is -3.01. The summed E-state index contributed by atoms with van der Waals surface area (Å²) in [5, 5.41) is 0. The maximum absolute atomic E-state index is 12.0. The monoisotopic (exact) mass is 482 g/mol. The molecule has 3 aromatic rings. The second-order valence-electron chi connectivity index (χ2n) is 8.27. The van der Waals surface area contributed by atoms with Crippen molar-refractivity contribution in [1.82, 2.24) is 14.3 Å². The Bertz CT molecular complexity index is 1230. The minimum absolute atomic E-state index is 0.345. The van der Waals surface area contributed by atoms with Crippen LogP contribution in [0.4, 0.5) is 5.82 Å². The Labute approximate surface area is 201 Å². The van der Waals surface area contributed by atoms with E-state index in [0.717, 1.165) is 34.0 Å². The van der Waals surface area contributed by atoms with Gasteiger partial charge in [0.05, 0.1) is 25.7 Å². The first kappa shape index (κ1) is 24.1. The van der Waals surface area contributed by atoms with Crippen LogP contribution < -0.4 is 9.64 Å². The molecule has 0 N–H and O–H groups in total. The van der Waals surface area contributed by atoms with Crippen LogP contribution in [0.5, 0.6) is 5.75 Å². The summed E-state index contributed by atoms with van der Waals surface area (Å²) in [6.07, 6.45) is 1.86. The Balaban J connectivity index is 1.79. The summed E-state index contributed by atoms with van der Waals surface area (Å²) in [4.78, 5) is 12.0. The summed E-state index contributed by atoms with van der Waals surface area (Å²) in [6, 6.07) is 17.8. The number of nitrogens with zero attached hydrogens (tertiary/aromatic N) is 4. The van der Waals surface area contributed by atoms with Crippen LogP contribution in [-0.4, -0.2) is 69.3 Å². The van der Waals surface area contributed by atoms with E-state index in [1.807, 2.05) is 48.5 Å². The molecule has 0 bridgehead atoms. The highest BCUT2D eigenvalue weighted by Crippen LogP contribution is 2.30. The third-order valence-corrected chi connectivity index (χ3v) is 7.21. The van der Waals surface area contributed by atoms with E-state index in [-0.39, 0.29) is 0 Å². The Morgan fingerprint density at radius 3 is 2.32 bits per heavy atom. The number of ether oxygens (including phenoxy) is 2. The lowest BCUT2D eigenvalue weighted by Crippen LogP contribution is -2.49. The summed E-state index contributed by atoms with van der Waals surface area (Å²) in [5.74, 6) is 2.23. The van der Waals surface area contributed by atoms with Crippen molar-refractivity contribution in [3.63, 3.8) is 0 Å². The third-order valence-electron chi connectivity index (χ3n) is 5.91. The summed E-state index contributed by atoms with van der Waals surface area (Å²) in [5.41, 5.74) is 3.79. The van der Waals surface area contributed by atoms with Gasteiger partial charge in [0, 0.05) is 50.8 Å². The molecule has 1 aromatic heterocycles. The summed E-state index contributed by atoms with van der Waals surface area (Å²) >= 11 is 0. The number of sulfonamides is 1. The molecular weight excluding hydrogens is 452 g/mol. The quantitative estimate of drug-likeness (QED) is 0.488. The van der Waals surface area contributed by atoms with Crippen LogP contribution in [0.25, 0.3) is 11.4 Å². The van der Waals surface area contributed by atoms with Crippen molar-refractivity contribution in [2.24, 2.45) is 0 Å². The molecule has 0 aliphatic carbocycles. The molecule has 34 heavy (non-hydrogen) atoms. The fraction of sp³-hybridized carbons (Fsp3) is 0.360. The van der Waals surface area contributed by atoms with E-state index in [0.29, 0.717) is 45.0 Å². The predicted molar refractivity (Wildman–Crippen MR) is 133 cm³/mol. The van der Waals surface area contributed by atoms with Gasteiger partial charge >= 0.3 is 0 Å². The largest absolute Gasteiger partial charge is 0.497 e. The van der Waals surface area contributed by atoms with Crippen LogP contribution in [-0.2, 0) is 27.8 Å². The lowest BCUT2D eigenvalue weighted by atomic mass is 10.0. The van der Waals surface area contributed by atoms with Crippen molar-refractivity contribution in [3.05, 3.63) is 71.4 Å². The molecule has 0 radical (unpaired) electrons. The van der Waals surface area contributed by atoms with Gasteiger partial charge in [-0.05, 0) is 17.7 Å². The second-order valence-corrected chi connectivity index (χ2v) is 10.3. The van der Waals surface area contributed by atoms with Crippen molar-refractivity contribution in [2.75, 3.05) is 51.6 Å². The highest BCUT2D eigenvalue weighted by Gasteiger charge is 2.27. The summed E-state index contributed by atoms with van der Waals surface area (Å²) < 4.78 is 36.5. The number of rotatable bonds is 8. The molecule has 1 saturated heterocycles. The van der Waals surface area contributed by atoms with Gasteiger partial charge in [-0.15, -0.1) is 0 Å². The average Bonchev–Trinajstić information content (AvgIpc) is 2.85. The smallest absolute Gasteiger partial charge is 0.211 e. The zero-order valence-electron chi connectivity index (χ0n) is 19.8. The van der Waals surface area contributed by atoms with Gasteiger partial charge in [-0.1, -0.05) is 42.5 Å².